The van der Waals surface area contributed by atoms with Crippen molar-refractivity contribution in [2.75, 3.05) is 26.3 Å². The van der Waals surface area contributed by atoms with Crippen LogP contribution < -0.4 is 14.2 Å². The first-order valence-corrected chi connectivity index (χ1v) is 9.26. The molecular formula is C19H23FN4O3. The molecule has 0 aromatic carbocycles. The van der Waals surface area contributed by atoms with E-state index in [0.29, 0.717) is 36.4 Å². The van der Waals surface area contributed by atoms with Crippen LogP contribution in [0.5, 0.6) is 17.5 Å². The van der Waals surface area contributed by atoms with E-state index in [1.54, 1.807) is 12.4 Å². The zero-order valence-electron chi connectivity index (χ0n) is 15.5. The van der Waals surface area contributed by atoms with Gasteiger partial charge in [0.1, 0.15) is 25.1 Å². The lowest BCUT2D eigenvalue weighted by atomic mass is 10.0. The molecule has 2 aromatic heterocycles. The number of aromatic nitrogens is 3. The molecule has 1 saturated heterocycles. The van der Waals surface area contributed by atoms with E-state index in [0.717, 1.165) is 31.6 Å². The first-order chi connectivity index (χ1) is 13.1. The van der Waals surface area contributed by atoms with Gasteiger partial charge in [0.25, 0.3) is 5.88 Å². The van der Waals surface area contributed by atoms with Crippen molar-refractivity contribution in [3.05, 3.63) is 35.7 Å². The first kappa shape index (κ1) is 17.9. The highest BCUT2D eigenvalue weighted by Gasteiger charge is 2.29. The lowest BCUT2D eigenvalue weighted by Gasteiger charge is -2.36. The molecule has 2 aromatic rings. The molecular weight excluding hydrogens is 351 g/mol. The number of fused-ring (bicyclic) bond motifs is 1. The maximum atomic E-state index is 14.5. The summed E-state index contributed by atoms with van der Waals surface area (Å²) in [7, 11) is 0. The quantitative estimate of drug-likeness (QED) is 0.815. The van der Waals surface area contributed by atoms with Crippen molar-refractivity contribution in [2.24, 2.45) is 0 Å². The minimum atomic E-state index is -0.361. The second-order valence-electron chi connectivity index (χ2n) is 6.83. The molecule has 0 N–H and O–H groups in total. The van der Waals surface area contributed by atoms with Crippen molar-refractivity contribution in [1.29, 1.82) is 0 Å². The number of pyridine rings is 1. The summed E-state index contributed by atoms with van der Waals surface area (Å²) in [5, 5.41) is 0. The Kier molecular flexibility index (Phi) is 5.07. The smallest absolute Gasteiger partial charge is 0.257 e. The number of piperidine rings is 1. The van der Waals surface area contributed by atoms with Crippen LogP contribution in [-0.2, 0) is 0 Å². The first-order valence-electron chi connectivity index (χ1n) is 9.26. The van der Waals surface area contributed by atoms with E-state index in [1.165, 1.54) is 6.07 Å². The van der Waals surface area contributed by atoms with Gasteiger partial charge in [0.2, 0.25) is 5.88 Å². The summed E-state index contributed by atoms with van der Waals surface area (Å²) in [5.74, 6) is 0.978. The lowest BCUT2D eigenvalue weighted by molar-refractivity contribution is 0.0733. The highest BCUT2D eigenvalue weighted by Crippen LogP contribution is 2.34. The Balaban J connectivity index is 1.40. The highest BCUT2D eigenvalue weighted by atomic mass is 19.1. The topological polar surface area (TPSA) is 69.6 Å². The molecule has 4 heterocycles. The van der Waals surface area contributed by atoms with Gasteiger partial charge in [-0.1, -0.05) is 0 Å². The fourth-order valence-electron chi connectivity index (χ4n) is 3.48. The zero-order chi connectivity index (χ0) is 18.8. The van der Waals surface area contributed by atoms with Crippen LogP contribution in [0.2, 0.25) is 0 Å². The molecule has 27 heavy (non-hydrogen) atoms. The summed E-state index contributed by atoms with van der Waals surface area (Å²) in [6, 6.07) is 1.22. The summed E-state index contributed by atoms with van der Waals surface area (Å²) in [4.78, 5) is 15.0. The molecule has 2 aliphatic heterocycles. The van der Waals surface area contributed by atoms with Gasteiger partial charge < -0.3 is 14.2 Å². The molecule has 0 spiro atoms. The van der Waals surface area contributed by atoms with Crippen molar-refractivity contribution >= 4 is 0 Å². The maximum Gasteiger partial charge on any atom is 0.257 e. The molecule has 0 amide bonds. The van der Waals surface area contributed by atoms with E-state index in [4.69, 9.17) is 14.2 Å². The second kappa shape index (κ2) is 7.64. The largest absolute Gasteiger partial charge is 0.484 e. The molecule has 0 aliphatic carbocycles. The lowest BCUT2D eigenvalue weighted by Crippen LogP contribution is -2.40. The molecule has 0 saturated carbocycles. The van der Waals surface area contributed by atoms with Gasteiger partial charge in [0, 0.05) is 31.5 Å². The van der Waals surface area contributed by atoms with Gasteiger partial charge in [-0.3, -0.25) is 9.88 Å². The normalized spacial score (nSPS) is 18.9. The number of nitrogens with zero attached hydrogens (tertiary/aromatic N) is 4. The van der Waals surface area contributed by atoms with E-state index in [-0.39, 0.29) is 18.0 Å². The Hall–Kier alpha value is -2.48. The van der Waals surface area contributed by atoms with Gasteiger partial charge in [-0.25, -0.2) is 14.4 Å². The third-order valence-electron chi connectivity index (χ3n) is 5.05. The van der Waals surface area contributed by atoms with Crippen molar-refractivity contribution < 1.29 is 18.6 Å². The summed E-state index contributed by atoms with van der Waals surface area (Å²) < 4.78 is 31.4. The van der Waals surface area contributed by atoms with Gasteiger partial charge >= 0.3 is 0 Å². The molecule has 0 bridgehead atoms. The van der Waals surface area contributed by atoms with E-state index in [1.807, 2.05) is 13.8 Å². The van der Waals surface area contributed by atoms with Gasteiger partial charge in [0.15, 0.2) is 5.75 Å². The average molecular weight is 374 g/mol. The third kappa shape index (κ3) is 3.80. The van der Waals surface area contributed by atoms with Crippen molar-refractivity contribution in [3.8, 4) is 17.5 Å². The van der Waals surface area contributed by atoms with Crippen LogP contribution in [0.15, 0.2) is 18.5 Å². The molecule has 1 fully saturated rings. The summed E-state index contributed by atoms with van der Waals surface area (Å²) >= 11 is 0. The molecule has 7 nitrogen and oxygen atoms in total. The zero-order valence-corrected chi connectivity index (χ0v) is 15.5. The number of hydrogen-bond donors (Lipinski definition) is 0. The minimum Gasteiger partial charge on any atom is -0.484 e. The Morgan fingerprint density at radius 1 is 1.19 bits per heavy atom. The van der Waals surface area contributed by atoms with Gasteiger partial charge in [0.05, 0.1) is 17.4 Å². The van der Waals surface area contributed by atoms with Crippen LogP contribution in [0.1, 0.15) is 37.2 Å². The van der Waals surface area contributed by atoms with Gasteiger partial charge in [-0.05, 0) is 26.7 Å². The molecule has 144 valence electrons. The monoisotopic (exact) mass is 374 g/mol. The SMILES string of the molecule is Cc1nccnc1OC1CCN(C(C)c2nc3c(cc2F)OCCO3)CC1. The number of likely N-dealkylation sites (tertiary alicyclic amines) is 1. The number of halogens is 1. The summed E-state index contributed by atoms with van der Waals surface area (Å²) in [6.07, 6.45) is 5.05. The molecule has 8 heteroatoms. The van der Waals surface area contributed by atoms with Crippen LogP contribution in [0.3, 0.4) is 0 Å². The van der Waals surface area contributed by atoms with Crippen LogP contribution in [0.25, 0.3) is 0 Å². The number of aryl methyl sites for hydroxylation is 1. The van der Waals surface area contributed by atoms with Crippen molar-refractivity contribution in [2.45, 2.75) is 38.8 Å². The Morgan fingerprint density at radius 3 is 2.70 bits per heavy atom. The number of ether oxygens (including phenoxy) is 3. The van der Waals surface area contributed by atoms with Crippen LogP contribution in [-0.4, -0.2) is 52.3 Å². The fourth-order valence-corrected chi connectivity index (χ4v) is 3.48. The molecule has 1 atom stereocenters. The van der Waals surface area contributed by atoms with E-state index in [9.17, 15) is 4.39 Å². The van der Waals surface area contributed by atoms with Crippen molar-refractivity contribution in [1.82, 2.24) is 19.9 Å². The maximum absolute atomic E-state index is 14.5. The fraction of sp³-hybridized carbons (Fsp3) is 0.526. The molecule has 0 radical (unpaired) electrons. The molecule has 2 aliphatic rings. The van der Waals surface area contributed by atoms with E-state index in [2.05, 4.69) is 19.9 Å². The average Bonchev–Trinajstić information content (AvgIpc) is 2.69. The number of rotatable bonds is 4. The van der Waals surface area contributed by atoms with Crippen molar-refractivity contribution in [3.63, 3.8) is 0 Å². The molecule has 1 unspecified atom stereocenters. The molecule has 4 rings (SSSR count). The van der Waals surface area contributed by atoms with Gasteiger partial charge in [-0.15, -0.1) is 0 Å². The van der Waals surface area contributed by atoms with E-state index >= 15 is 0 Å². The summed E-state index contributed by atoms with van der Waals surface area (Å²) in [5.41, 5.74) is 1.18. The number of hydrogen-bond acceptors (Lipinski definition) is 7. The Morgan fingerprint density at radius 2 is 1.93 bits per heavy atom. The third-order valence-corrected chi connectivity index (χ3v) is 5.05. The van der Waals surface area contributed by atoms with Crippen LogP contribution in [0, 0.1) is 12.7 Å². The predicted octanol–water partition coefficient (Wildman–Crippen LogP) is 2.69. The predicted molar refractivity (Wildman–Crippen MR) is 95.6 cm³/mol. The summed E-state index contributed by atoms with van der Waals surface area (Å²) in [6.45, 7) is 6.29. The Labute approximate surface area is 157 Å². The van der Waals surface area contributed by atoms with Crippen LogP contribution >= 0.6 is 0 Å². The minimum absolute atomic E-state index is 0.0851. The van der Waals surface area contributed by atoms with Gasteiger partial charge in [-0.2, -0.15) is 0 Å². The standard InChI is InChI=1S/C19H23FN4O3/c1-12-18(22-6-5-21-12)27-14-3-7-24(8-4-14)13(2)17-15(20)11-16-19(23-17)26-10-9-25-16/h5-6,11,13-14H,3-4,7-10H2,1-2H3. The van der Waals surface area contributed by atoms with E-state index < -0.39 is 0 Å². The second-order valence-corrected chi connectivity index (χ2v) is 6.83. The Bertz CT molecular complexity index is 812. The highest BCUT2D eigenvalue weighted by molar-refractivity contribution is 5.37. The van der Waals surface area contributed by atoms with Crippen LogP contribution in [0.4, 0.5) is 4.39 Å².